The van der Waals surface area contributed by atoms with E-state index in [1.807, 2.05) is 74.5 Å². The van der Waals surface area contributed by atoms with Crippen LogP contribution in [0.25, 0.3) is 22.5 Å². The quantitative estimate of drug-likeness (QED) is 0.0258. The number of anilines is 4. The summed E-state index contributed by atoms with van der Waals surface area (Å²) in [6.45, 7) is 10.3. The number of unbranched alkanes of at least 4 members (excludes halogenated alkanes) is 3. The van der Waals surface area contributed by atoms with Crippen molar-refractivity contribution in [3.05, 3.63) is 60.7 Å². The summed E-state index contributed by atoms with van der Waals surface area (Å²) in [5.74, 6) is -3.15. The summed E-state index contributed by atoms with van der Waals surface area (Å²) in [5.41, 5.74) is 2.50. The molecule has 6 heterocycles. The number of nitrogens with zero attached hydrogens (tertiary/aromatic N) is 6. The fourth-order valence-corrected chi connectivity index (χ4v) is 14.2. The van der Waals surface area contributed by atoms with E-state index in [9.17, 15) is 47.9 Å². The minimum absolute atomic E-state index is 0.182. The predicted octanol–water partition coefficient (Wildman–Crippen LogP) is 6.56. The predicted molar refractivity (Wildman–Crippen MR) is 364 cm³/mol. The Bertz CT molecular complexity index is 3030. The van der Waals surface area contributed by atoms with Crippen molar-refractivity contribution in [2.24, 2.45) is 11.8 Å². The lowest BCUT2D eigenvalue weighted by Crippen LogP contribution is -2.59. The van der Waals surface area contributed by atoms with E-state index in [0.29, 0.717) is 161 Å². The Morgan fingerprint density at radius 1 is 0.500 bits per heavy atom. The molecule has 28 heteroatoms. The molecular weight excluding hydrogens is 1240 g/mol. The molecule has 0 saturated carbocycles. The van der Waals surface area contributed by atoms with Crippen LogP contribution in [-0.2, 0) is 38.4 Å². The number of amides is 12. The Morgan fingerprint density at radius 2 is 0.872 bits per heavy atom. The fourth-order valence-electron chi connectivity index (χ4n) is 12.3. The van der Waals surface area contributed by atoms with Gasteiger partial charge in [0.2, 0.25) is 47.3 Å². The smallest absolute Gasteiger partial charge is 0.317 e. The van der Waals surface area contributed by atoms with Crippen LogP contribution in [0.1, 0.15) is 130 Å². The molecule has 4 aliphatic rings. The van der Waals surface area contributed by atoms with Gasteiger partial charge < -0.3 is 72.8 Å². The number of hydrogen-bond donors (Lipinski definition) is 10. The summed E-state index contributed by atoms with van der Waals surface area (Å²) in [7, 11) is 3.33. The van der Waals surface area contributed by atoms with Crippen molar-refractivity contribution < 1.29 is 47.9 Å². The summed E-state index contributed by atoms with van der Waals surface area (Å²) < 4.78 is 0. The van der Waals surface area contributed by atoms with Gasteiger partial charge in [-0.25, -0.2) is 19.6 Å². The topological polar surface area (TPSA) is 330 Å². The highest BCUT2D eigenvalue weighted by atomic mass is 32.1. The summed E-state index contributed by atoms with van der Waals surface area (Å²) in [6.07, 6.45) is 8.87. The number of carbonyl (C=O) groups is 10. The largest absolute Gasteiger partial charge is 0.343 e. The number of urea groups is 2. The van der Waals surface area contributed by atoms with Gasteiger partial charge in [-0.05, 0) is 117 Å². The highest BCUT2D eigenvalue weighted by Gasteiger charge is 2.44. The van der Waals surface area contributed by atoms with Crippen LogP contribution in [0.15, 0.2) is 60.7 Å². The number of benzene rings is 2. The second kappa shape index (κ2) is 35.4. The van der Waals surface area contributed by atoms with Crippen molar-refractivity contribution in [2.45, 2.75) is 167 Å². The molecule has 0 radical (unpaired) electrons. The Kier molecular flexibility index (Phi) is 27.0. The van der Waals surface area contributed by atoms with Crippen molar-refractivity contribution >= 4 is 102 Å². The molecule has 94 heavy (non-hydrogen) atoms. The minimum atomic E-state index is -0.931. The zero-order valence-corrected chi connectivity index (χ0v) is 56.6. The zero-order valence-electron chi connectivity index (χ0n) is 54.9. The molecule has 10 N–H and O–H groups in total. The van der Waals surface area contributed by atoms with Crippen LogP contribution in [0.3, 0.4) is 0 Å². The molecule has 4 fully saturated rings. The van der Waals surface area contributed by atoms with Crippen LogP contribution in [0.5, 0.6) is 0 Å². The van der Waals surface area contributed by atoms with E-state index in [1.54, 1.807) is 47.5 Å². The number of rotatable bonds is 29. The average molecular weight is 1340 g/mol. The van der Waals surface area contributed by atoms with Gasteiger partial charge >= 0.3 is 12.1 Å². The number of aromatic nitrogens is 2. The second-order valence-corrected chi connectivity index (χ2v) is 26.6. The van der Waals surface area contributed by atoms with Gasteiger partial charge in [0.15, 0.2) is 10.3 Å². The molecule has 8 rings (SSSR count). The summed E-state index contributed by atoms with van der Waals surface area (Å²) in [5, 5.41) is 31.3. The number of hydrogen-bond acceptors (Lipinski definition) is 16. The van der Waals surface area contributed by atoms with Gasteiger partial charge in [-0.1, -0.05) is 110 Å². The van der Waals surface area contributed by atoms with Gasteiger partial charge in [-0.15, -0.1) is 0 Å². The third-order valence-electron chi connectivity index (χ3n) is 18.0. The van der Waals surface area contributed by atoms with E-state index in [4.69, 9.17) is 0 Å². The van der Waals surface area contributed by atoms with E-state index in [-0.39, 0.29) is 59.3 Å². The lowest BCUT2D eigenvalue weighted by Gasteiger charge is -2.38. The van der Waals surface area contributed by atoms with Crippen LogP contribution in [0, 0.1) is 11.8 Å². The number of nitrogens with one attached hydrogen (secondary N) is 10. The zero-order chi connectivity index (χ0) is 67.3. The first-order valence-corrected chi connectivity index (χ1v) is 35.0. The van der Waals surface area contributed by atoms with Crippen LogP contribution < -0.4 is 53.2 Å². The molecule has 4 aliphatic heterocycles. The van der Waals surface area contributed by atoms with Crippen molar-refractivity contribution in [3.8, 4) is 22.5 Å². The maximum atomic E-state index is 14.7. The summed E-state index contributed by atoms with van der Waals surface area (Å²) >= 11 is 2.30. The molecule has 2 aromatic heterocycles. The monoisotopic (exact) mass is 1330 g/mol. The van der Waals surface area contributed by atoms with Gasteiger partial charge in [0.25, 0.3) is 0 Å². The van der Waals surface area contributed by atoms with E-state index in [0.717, 1.165) is 59.5 Å². The molecule has 0 spiro atoms. The van der Waals surface area contributed by atoms with Crippen molar-refractivity contribution in [3.63, 3.8) is 0 Å². The standard InChI is InChI=1S/C66H94N16O10S2/c1-7-21-49(83)71-63-75-51(43-23-13-11-14-24-43)59(93-63)77-57(87)47-27-19-35-81(47)61(89)53(73-55(85)41(3)67-5)45-29-37-79(38-30-45)65(91)69-33-17-9-10-18-34-70-66(92)80-39-31-46(32-40-80)54(74-56(86)42(4)68-6)62(90)82-36-20-28-48(82)58(88)78-60-52(44-25-15-12-16-26-44)76-64(94-60)72-50(84)22-8-2/h11-16,23-26,41-42,45-48,53-54,67-68H,7-10,17-22,27-40H2,1-6H3,(H,69,91)(H,70,92)(H,73,85)(H,74,86)(H,77,87)(H,78,88)(H,71,75,83)(H,72,76,84)/t41-,42-,47-,48-,53-,54-/m0/s1. The van der Waals surface area contributed by atoms with Gasteiger partial charge in [0.05, 0.1) is 12.1 Å². The highest BCUT2D eigenvalue weighted by molar-refractivity contribution is 7.20. The lowest BCUT2D eigenvalue weighted by molar-refractivity contribution is -0.142. The van der Waals surface area contributed by atoms with Gasteiger partial charge in [0.1, 0.15) is 45.6 Å². The van der Waals surface area contributed by atoms with Crippen molar-refractivity contribution in [1.82, 2.24) is 61.5 Å². The highest BCUT2D eigenvalue weighted by Crippen LogP contribution is 2.39. The molecule has 0 unspecified atom stereocenters. The van der Waals surface area contributed by atoms with Crippen LogP contribution in [-0.4, -0.2) is 192 Å². The molecule has 26 nitrogen and oxygen atoms in total. The summed E-state index contributed by atoms with van der Waals surface area (Å²) in [6, 6.07) is 13.6. The average Bonchev–Trinajstić information content (AvgIpc) is 1.57. The van der Waals surface area contributed by atoms with Crippen LogP contribution in [0.2, 0.25) is 0 Å². The first-order chi connectivity index (χ1) is 45.4. The number of likely N-dealkylation sites (N-methyl/N-ethyl adjacent to an activating group) is 2. The number of carbonyl (C=O) groups excluding carboxylic acids is 10. The molecule has 510 valence electrons. The van der Waals surface area contributed by atoms with Crippen molar-refractivity contribution in [1.29, 1.82) is 0 Å². The maximum absolute atomic E-state index is 14.7. The van der Waals surface area contributed by atoms with Crippen molar-refractivity contribution in [2.75, 3.05) is 87.7 Å². The molecule has 6 atom stereocenters. The molecule has 12 amide bonds. The Morgan fingerprint density at radius 3 is 1.22 bits per heavy atom. The maximum Gasteiger partial charge on any atom is 0.317 e. The Labute approximate surface area is 558 Å². The third-order valence-corrected chi connectivity index (χ3v) is 19.8. The SMILES string of the molecule is CCCC(=O)Nc1nc(-c2ccccc2)c(NC(=O)[C@@H]2CCCN2C(=O)[C@@H](NC(=O)[C@H](C)NC)C2CCN(C(=O)NCCCCCCNC(=O)N3CCC([C@H](NC(=O)[C@H](C)NC)C(=O)N4CCC[C@H]4C(=O)Nc4sc(NC(=O)CCC)nc4-c4ccccc4)CC3)CC2)s1. The van der Waals surface area contributed by atoms with Gasteiger partial charge in [-0.3, -0.25) is 38.4 Å². The van der Waals surface area contributed by atoms with E-state index < -0.39 is 48.1 Å². The summed E-state index contributed by atoms with van der Waals surface area (Å²) in [4.78, 5) is 152. The first kappa shape index (κ1) is 71.8. The first-order valence-electron chi connectivity index (χ1n) is 33.4. The number of thiazole rings is 2. The Balaban J connectivity index is 0.764. The third kappa shape index (κ3) is 19.3. The lowest BCUT2D eigenvalue weighted by atomic mass is 9.88. The Hall–Kier alpha value is -8.08. The molecular formula is C66H94N16O10S2. The van der Waals surface area contributed by atoms with Crippen LogP contribution >= 0.6 is 22.7 Å². The van der Waals surface area contributed by atoms with E-state index >= 15 is 0 Å². The number of likely N-dealkylation sites (tertiary alicyclic amines) is 4. The molecule has 4 aromatic rings. The molecule has 2 aromatic carbocycles. The van der Waals surface area contributed by atoms with Gasteiger partial charge in [-0.2, -0.15) is 0 Å². The van der Waals surface area contributed by atoms with Gasteiger partial charge in [0, 0.05) is 76.3 Å². The normalized spacial score (nSPS) is 18.1. The minimum Gasteiger partial charge on any atom is -0.343 e. The number of piperidine rings is 2. The molecule has 0 bridgehead atoms. The molecule has 0 aliphatic carbocycles. The fraction of sp³-hybridized carbons (Fsp3) is 0.576. The van der Waals surface area contributed by atoms with Crippen LogP contribution in [0.4, 0.5) is 29.9 Å². The second-order valence-electron chi connectivity index (χ2n) is 24.6. The van der Waals surface area contributed by atoms with E-state index in [2.05, 4.69) is 63.1 Å². The molecule has 4 saturated heterocycles. The van der Waals surface area contributed by atoms with E-state index in [1.165, 1.54) is 0 Å².